The van der Waals surface area contributed by atoms with Crippen LogP contribution in [0.1, 0.15) is 5.76 Å². The minimum atomic E-state index is -0.976. The van der Waals surface area contributed by atoms with Gasteiger partial charge in [-0.15, -0.1) is 0 Å². The molecule has 0 aliphatic rings. The molecule has 1 aromatic heterocycles. The Kier molecular flexibility index (Phi) is 4.61. The van der Waals surface area contributed by atoms with Gasteiger partial charge in [-0.2, -0.15) is 0 Å². The van der Waals surface area contributed by atoms with Crippen LogP contribution in [0.15, 0.2) is 28.9 Å². The standard InChI is InChI=1S/C7H6O3.Ag/c8-7(9)4-3-6-2-1-5-10-6;/h1-5H,(H,8,9);/b4-3+;. The van der Waals surface area contributed by atoms with Crippen LogP contribution >= 0.6 is 0 Å². The Balaban J connectivity index is 0.000001000. The van der Waals surface area contributed by atoms with Crippen molar-refractivity contribution in [2.24, 2.45) is 0 Å². The molecule has 1 N–H and O–H groups in total. The predicted molar refractivity (Wildman–Crippen MR) is 35.4 cm³/mol. The van der Waals surface area contributed by atoms with Gasteiger partial charge in [0.2, 0.25) is 0 Å². The van der Waals surface area contributed by atoms with Gasteiger partial charge in [-0.1, -0.05) is 0 Å². The number of carboxylic acid groups (broad SMARTS) is 1. The number of rotatable bonds is 2. The summed E-state index contributed by atoms with van der Waals surface area (Å²) in [6.07, 6.45) is 3.91. The first-order valence-electron chi connectivity index (χ1n) is 2.73. The van der Waals surface area contributed by atoms with Crippen molar-refractivity contribution in [3.8, 4) is 0 Å². The fourth-order valence-electron chi connectivity index (χ4n) is 0.540. The number of hydrogen-bond acceptors (Lipinski definition) is 2. The summed E-state index contributed by atoms with van der Waals surface area (Å²) in [5, 5.41) is 8.18. The normalized spacial score (nSPS) is 9.45. The molecule has 0 bridgehead atoms. The average Bonchev–Trinajstić information content (AvgIpc) is 2.34. The predicted octanol–water partition coefficient (Wildman–Crippen LogP) is 1.37. The molecule has 0 atom stereocenters. The Morgan fingerprint density at radius 3 is 2.82 bits per heavy atom. The number of carboxylic acids is 1. The van der Waals surface area contributed by atoms with E-state index in [-0.39, 0.29) is 22.4 Å². The molecule has 0 fully saturated rings. The first-order chi connectivity index (χ1) is 4.79. The summed E-state index contributed by atoms with van der Waals surface area (Å²) in [6, 6.07) is 3.38. The molecule has 4 heteroatoms. The van der Waals surface area contributed by atoms with Crippen LogP contribution in [0.3, 0.4) is 0 Å². The Hall–Kier alpha value is -0.770. The third-order valence-electron chi connectivity index (χ3n) is 0.933. The third-order valence-corrected chi connectivity index (χ3v) is 0.933. The number of hydrogen-bond donors (Lipinski definition) is 1. The molecule has 1 aromatic rings. The van der Waals surface area contributed by atoms with Gasteiger partial charge < -0.3 is 9.52 Å². The van der Waals surface area contributed by atoms with E-state index >= 15 is 0 Å². The van der Waals surface area contributed by atoms with E-state index in [1.54, 1.807) is 12.1 Å². The first kappa shape index (κ1) is 10.2. The zero-order valence-corrected chi connectivity index (χ0v) is 6.93. The summed E-state index contributed by atoms with van der Waals surface area (Å²) in [6.45, 7) is 0. The molecule has 0 saturated carbocycles. The fraction of sp³-hybridized carbons (Fsp3) is 0. The van der Waals surface area contributed by atoms with E-state index in [4.69, 9.17) is 9.52 Å². The van der Waals surface area contributed by atoms with Crippen molar-refractivity contribution < 1.29 is 36.7 Å². The van der Waals surface area contributed by atoms with E-state index < -0.39 is 5.97 Å². The Morgan fingerprint density at radius 1 is 1.64 bits per heavy atom. The molecule has 0 saturated heterocycles. The van der Waals surface area contributed by atoms with Crippen molar-refractivity contribution in [3.05, 3.63) is 30.2 Å². The maximum absolute atomic E-state index is 9.97. The van der Waals surface area contributed by atoms with E-state index in [0.717, 1.165) is 6.08 Å². The molecule has 1 rings (SSSR count). The SMILES string of the molecule is O=C(O)/C=C/c1ccco1.[Ag]. The Morgan fingerprint density at radius 2 is 2.36 bits per heavy atom. The molecule has 1 radical (unpaired) electrons. The van der Waals surface area contributed by atoms with Crippen molar-refractivity contribution in [2.45, 2.75) is 0 Å². The largest absolute Gasteiger partial charge is 0.478 e. The molecule has 0 aliphatic carbocycles. The monoisotopic (exact) mass is 245 g/mol. The van der Waals surface area contributed by atoms with Crippen molar-refractivity contribution in [1.29, 1.82) is 0 Å². The summed E-state index contributed by atoms with van der Waals surface area (Å²) in [7, 11) is 0. The van der Waals surface area contributed by atoms with E-state index in [0.29, 0.717) is 5.76 Å². The van der Waals surface area contributed by atoms with Gasteiger partial charge in [-0.3, -0.25) is 0 Å². The Bertz CT molecular complexity index is 238. The number of furan rings is 1. The van der Waals surface area contributed by atoms with Crippen LogP contribution in [0.4, 0.5) is 0 Å². The zero-order chi connectivity index (χ0) is 7.40. The van der Waals surface area contributed by atoms with Crippen LogP contribution in [0.5, 0.6) is 0 Å². The molecule has 0 aromatic carbocycles. The number of carbonyl (C=O) groups is 1. The zero-order valence-electron chi connectivity index (χ0n) is 5.45. The maximum atomic E-state index is 9.97. The third kappa shape index (κ3) is 3.83. The van der Waals surface area contributed by atoms with Crippen LogP contribution < -0.4 is 0 Å². The van der Waals surface area contributed by atoms with E-state index in [1.165, 1.54) is 12.3 Å². The van der Waals surface area contributed by atoms with E-state index in [9.17, 15) is 4.79 Å². The summed E-state index contributed by atoms with van der Waals surface area (Å²) < 4.78 is 4.83. The molecule has 0 aliphatic heterocycles. The van der Waals surface area contributed by atoms with Gasteiger partial charge in [0.1, 0.15) is 5.76 Å². The second-order valence-electron chi connectivity index (χ2n) is 1.69. The molecular weight excluding hydrogens is 240 g/mol. The smallest absolute Gasteiger partial charge is 0.328 e. The van der Waals surface area contributed by atoms with E-state index in [1.807, 2.05) is 0 Å². The molecule has 11 heavy (non-hydrogen) atoms. The molecule has 0 unspecified atom stereocenters. The molecular formula is C7H6AgO3. The molecule has 1 heterocycles. The Labute approximate surface area is 79.2 Å². The van der Waals surface area contributed by atoms with Crippen molar-refractivity contribution in [2.75, 3.05) is 0 Å². The quantitative estimate of drug-likeness (QED) is 0.633. The molecule has 3 nitrogen and oxygen atoms in total. The van der Waals surface area contributed by atoms with Crippen molar-refractivity contribution in [3.63, 3.8) is 0 Å². The second kappa shape index (κ2) is 4.96. The summed E-state index contributed by atoms with van der Waals surface area (Å²) in [4.78, 5) is 9.97. The number of aliphatic carboxylic acids is 1. The fourth-order valence-corrected chi connectivity index (χ4v) is 0.540. The average molecular weight is 246 g/mol. The van der Waals surface area contributed by atoms with Gasteiger partial charge in [0.25, 0.3) is 0 Å². The van der Waals surface area contributed by atoms with Crippen LogP contribution in [-0.4, -0.2) is 11.1 Å². The van der Waals surface area contributed by atoms with Gasteiger partial charge in [-0.25, -0.2) is 4.79 Å². The van der Waals surface area contributed by atoms with Crippen LogP contribution in [0.2, 0.25) is 0 Å². The van der Waals surface area contributed by atoms with Crippen LogP contribution in [-0.2, 0) is 27.2 Å². The summed E-state index contributed by atoms with van der Waals surface area (Å²) >= 11 is 0. The van der Waals surface area contributed by atoms with Gasteiger partial charge in [-0.05, 0) is 18.2 Å². The molecule has 0 spiro atoms. The second-order valence-corrected chi connectivity index (χ2v) is 1.69. The van der Waals surface area contributed by atoms with E-state index in [2.05, 4.69) is 0 Å². The summed E-state index contributed by atoms with van der Waals surface area (Å²) in [5.41, 5.74) is 0. The molecule has 0 amide bonds. The van der Waals surface area contributed by atoms with Gasteiger partial charge in [0, 0.05) is 28.5 Å². The van der Waals surface area contributed by atoms with Crippen molar-refractivity contribution >= 4 is 12.0 Å². The topological polar surface area (TPSA) is 50.4 Å². The van der Waals surface area contributed by atoms with Crippen LogP contribution in [0, 0.1) is 0 Å². The maximum Gasteiger partial charge on any atom is 0.328 e. The minimum absolute atomic E-state index is 0. The van der Waals surface area contributed by atoms with Gasteiger partial charge >= 0.3 is 5.97 Å². The molecule has 63 valence electrons. The van der Waals surface area contributed by atoms with Crippen molar-refractivity contribution in [1.82, 2.24) is 0 Å². The minimum Gasteiger partial charge on any atom is -0.478 e. The summed E-state index contributed by atoms with van der Waals surface area (Å²) in [5.74, 6) is -0.432. The van der Waals surface area contributed by atoms with Gasteiger partial charge in [0.05, 0.1) is 6.26 Å². The van der Waals surface area contributed by atoms with Crippen LogP contribution in [0.25, 0.3) is 6.08 Å². The van der Waals surface area contributed by atoms with Gasteiger partial charge in [0.15, 0.2) is 0 Å². The first-order valence-corrected chi connectivity index (χ1v) is 2.73.